The number of hydrogen-bond acceptors (Lipinski definition) is 6. The van der Waals surface area contributed by atoms with Gasteiger partial charge in [-0.15, -0.1) is 0 Å². The Hall–Kier alpha value is -3.61. The SMILES string of the molecule is COc1cc2nccc(Oc3ccc(N(C)C(=O)CCC=O)cc3)c2cc1OC. The molecule has 0 atom stereocenters. The van der Waals surface area contributed by atoms with Gasteiger partial charge in [0.2, 0.25) is 5.91 Å². The fourth-order valence-corrected chi connectivity index (χ4v) is 2.90. The normalized spacial score (nSPS) is 10.4. The van der Waals surface area contributed by atoms with Crippen LogP contribution in [0.5, 0.6) is 23.0 Å². The van der Waals surface area contributed by atoms with Crippen LogP contribution in [0.3, 0.4) is 0 Å². The van der Waals surface area contributed by atoms with Crippen molar-refractivity contribution in [2.75, 3.05) is 26.2 Å². The van der Waals surface area contributed by atoms with Crippen LogP contribution in [0.4, 0.5) is 5.69 Å². The summed E-state index contributed by atoms with van der Waals surface area (Å²) in [6.45, 7) is 0. The number of benzene rings is 2. The van der Waals surface area contributed by atoms with Crippen molar-refractivity contribution in [3.05, 3.63) is 48.7 Å². The molecule has 2 aromatic carbocycles. The highest BCUT2D eigenvalue weighted by molar-refractivity contribution is 5.93. The second-order valence-corrected chi connectivity index (χ2v) is 6.29. The van der Waals surface area contributed by atoms with E-state index in [1.807, 2.05) is 6.07 Å². The molecule has 0 bridgehead atoms. The van der Waals surface area contributed by atoms with Gasteiger partial charge < -0.3 is 23.9 Å². The summed E-state index contributed by atoms with van der Waals surface area (Å²) in [5.41, 5.74) is 1.44. The van der Waals surface area contributed by atoms with E-state index in [4.69, 9.17) is 14.2 Å². The van der Waals surface area contributed by atoms with Gasteiger partial charge in [0, 0.05) is 43.2 Å². The molecule has 1 amide bonds. The third-order valence-corrected chi connectivity index (χ3v) is 4.51. The Kier molecular flexibility index (Phi) is 6.29. The molecule has 0 spiro atoms. The molecule has 7 nitrogen and oxygen atoms in total. The van der Waals surface area contributed by atoms with Gasteiger partial charge in [0.15, 0.2) is 11.5 Å². The lowest BCUT2D eigenvalue weighted by Gasteiger charge is -2.17. The van der Waals surface area contributed by atoms with Crippen LogP contribution in [-0.4, -0.2) is 38.4 Å². The predicted octanol–water partition coefficient (Wildman–Crippen LogP) is 3.99. The van der Waals surface area contributed by atoms with Gasteiger partial charge >= 0.3 is 0 Å². The lowest BCUT2D eigenvalue weighted by molar-refractivity contribution is -0.120. The third-order valence-electron chi connectivity index (χ3n) is 4.51. The number of methoxy groups -OCH3 is 2. The molecule has 0 N–H and O–H groups in total. The van der Waals surface area contributed by atoms with E-state index in [9.17, 15) is 9.59 Å². The summed E-state index contributed by atoms with van der Waals surface area (Å²) in [7, 11) is 4.83. The highest BCUT2D eigenvalue weighted by Crippen LogP contribution is 2.37. The number of aldehydes is 1. The first-order chi connectivity index (χ1) is 14.1. The van der Waals surface area contributed by atoms with Gasteiger partial charge in [-0.05, 0) is 36.4 Å². The number of carbonyl (C=O) groups excluding carboxylic acids is 2. The number of ether oxygens (including phenoxy) is 3. The minimum atomic E-state index is -0.119. The van der Waals surface area contributed by atoms with Crippen molar-refractivity contribution < 1.29 is 23.8 Å². The fraction of sp³-hybridized carbons (Fsp3) is 0.227. The molecule has 3 aromatic rings. The number of amides is 1. The van der Waals surface area contributed by atoms with Crippen molar-refractivity contribution in [3.8, 4) is 23.0 Å². The Balaban J connectivity index is 1.84. The van der Waals surface area contributed by atoms with E-state index in [1.54, 1.807) is 63.9 Å². The number of hydrogen-bond donors (Lipinski definition) is 0. The molecule has 3 rings (SSSR count). The van der Waals surface area contributed by atoms with Crippen LogP contribution in [0, 0.1) is 0 Å². The molecule has 1 aromatic heterocycles. The van der Waals surface area contributed by atoms with E-state index in [0.29, 0.717) is 23.0 Å². The number of carbonyl (C=O) groups is 2. The Morgan fingerprint density at radius 2 is 1.72 bits per heavy atom. The van der Waals surface area contributed by atoms with Crippen molar-refractivity contribution in [3.63, 3.8) is 0 Å². The highest BCUT2D eigenvalue weighted by atomic mass is 16.5. The topological polar surface area (TPSA) is 78.0 Å². The molecule has 0 saturated heterocycles. The molecule has 29 heavy (non-hydrogen) atoms. The lowest BCUT2D eigenvalue weighted by atomic mass is 10.2. The second kappa shape index (κ2) is 9.05. The van der Waals surface area contributed by atoms with Crippen LogP contribution >= 0.6 is 0 Å². The molecule has 0 aliphatic heterocycles. The Labute approximate surface area is 168 Å². The van der Waals surface area contributed by atoms with Crippen LogP contribution in [0.25, 0.3) is 10.9 Å². The molecule has 0 unspecified atom stereocenters. The van der Waals surface area contributed by atoms with Gasteiger partial charge in [-0.3, -0.25) is 9.78 Å². The van der Waals surface area contributed by atoms with Crippen LogP contribution in [0.2, 0.25) is 0 Å². The quantitative estimate of drug-likeness (QED) is 0.538. The zero-order valence-electron chi connectivity index (χ0n) is 16.5. The van der Waals surface area contributed by atoms with Crippen LogP contribution in [-0.2, 0) is 9.59 Å². The maximum Gasteiger partial charge on any atom is 0.227 e. The van der Waals surface area contributed by atoms with E-state index >= 15 is 0 Å². The second-order valence-electron chi connectivity index (χ2n) is 6.29. The first kappa shape index (κ1) is 20.1. The summed E-state index contributed by atoms with van der Waals surface area (Å²) in [6.07, 6.45) is 2.81. The molecule has 150 valence electrons. The van der Waals surface area contributed by atoms with Gasteiger partial charge in [-0.2, -0.15) is 0 Å². The van der Waals surface area contributed by atoms with Crippen molar-refractivity contribution in [2.24, 2.45) is 0 Å². The van der Waals surface area contributed by atoms with E-state index in [2.05, 4.69) is 4.98 Å². The first-order valence-corrected chi connectivity index (χ1v) is 9.06. The zero-order valence-corrected chi connectivity index (χ0v) is 16.5. The fourth-order valence-electron chi connectivity index (χ4n) is 2.90. The van der Waals surface area contributed by atoms with E-state index < -0.39 is 0 Å². The Bertz CT molecular complexity index is 1020. The van der Waals surface area contributed by atoms with Crippen molar-refractivity contribution in [1.82, 2.24) is 4.98 Å². The number of pyridine rings is 1. The van der Waals surface area contributed by atoms with Crippen LogP contribution < -0.4 is 19.1 Å². The largest absolute Gasteiger partial charge is 0.493 e. The van der Waals surface area contributed by atoms with Gasteiger partial charge in [0.05, 0.1) is 19.7 Å². The molecule has 0 saturated carbocycles. The van der Waals surface area contributed by atoms with Gasteiger partial charge in [0.25, 0.3) is 0 Å². The van der Waals surface area contributed by atoms with Crippen molar-refractivity contribution in [1.29, 1.82) is 0 Å². The lowest BCUT2D eigenvalue weighted by Crippen LogP contribution is -2.25. The van der Waals surface area contributed by atoms with E-state index in [-0.39, 0.29) is 18.7 Å². The number of nitrogens with zero attached hydrogens (tertiary/aromatic N) is 2. The zero-order chi connectivity index (χ0) is 20.8. The molecular formula is C22H22N2O5. The van der Waals surface area contributed by atoms with Crippen LogP contribution in [0.15, 0.2) is 48.7 Å². The van der Waals surface area contributed by atoms with Crippen LogP contribution in [0.1, 0.15) is 12.8 Å². The van der Waals surface area contributed by atoms with Crippen molar-refractivity contribution >= 4 is 28.8 Å². The number of aromatic nitrogens is 1. The van der Waals surface area contributed by atoms with Gasteiger partial charge in [0.1, 0.15) is 17.8 Å². The molecule has 0 aliphatic rings. The first-order valence-electron chi connectivity index (χ1n) is 9.06. The third kappa shape index (κ3) is 4.45. The molecular weight excluding hydrogens is 372 g/mol. The summed E-state index contributed by atoms with van der Waals surface area (Å²) < 4.78 is 16.7. The van der Waals surface area contributed by atoms with Gasteiger partial charge in [-0.25, -0.2) is 0 Å². The molecule has 7 heteroatoms. The molecule has 0 aliphatic carbocycles. The standard InChI is InChI=1S/C22H22N2O5/c1-24(22(26)5-4-12-25)15-6-8-16(9-7-15)29-19-10-11-23-18-14-21(28-3)20(27-2)13-17(18)19/h6-14H,4-5H2,1-3H3. The maximum absolute atomic E-state index is 12.0. The average Bonchev–Trinajstić information content (AvgIpc) is 2.76. The summed E-state index contributed by atoms with van der Waals surface area (Å²) >= 11 is 0. The number of fused-ring (bicyclic) bond motifs is 1. The summed E-state index contributed by atoms with van der Waals surface area (Å²) in [5.74, 6) is 2.30. The maximum atomic E-state index is 12.0. The van der Waals surface area contributed by atoms with Crippen molar-refractivity contribution in [2.45, 2.75) is 12.8 Å². The molecule has 0 radical (unpaired) electrons. The minimum absolute atomic E-state index is 0.119. The number of anilines is 1. The monoisotopic (exact) mass is 394 g/mol. The van der Waals surface area contributed by atoms with Gasteiger partial charge in [-0.1, -0.05) is 0 Å². The Morgan fingerprint density at radius 3 is 2.38 bits per heavy atom. The van der Waals surface area contributed by atoms with E-state index in [1.165, 1.54) is 4.90 Å². The number of rotatable bonds is 8. The molecule has 1 heterocycles. The van der Waals surface area contributed by atoms with E-state index in [0.717, 1.165) is 22.9 Å². The summed E-state index contributed by atoms with van der Waals surface area (Å²) in [5, 5.41) is 0.787. The summed E-state index contributed by atoms with van der Waals surface area (Å²) in [6, 6.07) is 12.5. The predicted molar refractivity (Wildman–Crippen MR) is 110 cm³/mol. The smallest absolute Gasteiger partial charge is 0.227 e. The minimum Gasteiger partial charge on any atom is -0.493 e. The summed E-state index contributed by atoms with van der Waals surface area (Å²) in [4.78, 5) is 28.4. The average molecular weight is 394 g/mol. The molecule has 0 fully saturated rings. The highest BCUT2D eigenvalue weighted by Gasteiger charge is 2.13. The Morgan fingerprint density at radius 1 is 1.03 bits per heavy atom.